The summed E-state index contributed by atoms with van der Waals surface area (Å²) in [4.78, 5) is 44.1. The smallest absolute Gasteiger partial charge is 0.326 e. The molecule has 8 rings (SSSR count). The highest BCUT2D eigenvalue weighted by Crippen LogP contribution is 2.43. The molecule has 0 saturated heterocycles. The number of likely N-dealkylation sites (N-methyl/N-ethyl adjacent to an activating group) is 1. The van der Waals surface area contributed by atoms with Crippen molar-refractivity contribution in [2.45, 2.75) is 69.5 Å². The number of rotatable bonds is 11. The lowest BCUT2D eigenvalue weighted by Gasteiger charge is -2.45. The average Bonchev–Trinajstić information content (AvgIpc) is 3.21. The number of aliphatic carboxylic acids is 1. The fraction of sp³-hybridized carbons (Fsp3) is 0.261. The van der Waals surface area contributed by atoms with Crippen molar-refractivity contribution in [3.05, 3.63) is 147 Å². The van der Waals surface area contributed by atoms with Crippen LogP contribution in [0.1, 0.15) is 58.7 Å². The molecule has 5 aromatic carbocycles. The molecule has 3 atom stereocenters. The van der Waals surface area contributed by atoms with Crippen LogP contribution < -0.4 is 19.7 Å². The number of nitrogens with one attached hydrogen (secondary N) is 1. The lowest BCUT2D eigenvalue weighted by Crippen LogP contribution is -2.58. The number of nitrogens with zero attached hydrogens (tertiary/aromatic N) is 3. The second kappa shape index (κ2) is 16.5. The van der Waals surface area contributed by atoms with Crippen LogP contribution in [0.2, 0.25) is 10.0 Å². The number of hydrogen-bond acceptors (Lipinski definition) is 7. The van der Waals surface area contributed by atoms with Gasteiger partial charge in [0.1, 0.15) is 24.1 Å². The number of hydrogen-bond donors (Lipinski definition) is 2. The minimum Gasteiger partial charge on any atom is -0.489 e. The summed E-state index contributed by atoms with van der Waals surface area (Å²) in [7, 11) is 1.72. The first-order valence-corrected chi connectivity index (χ1v) is 20.0. The molecule has 294 valence electrons. The van der Waals surface area contributed by atoms with Crippen LogP contribution in [-0.4, -0.2) is 53.0 Å². The third-order valence-electron chi connectivity index (χ3n) is 11.4. The van der Waals surface area contributed by atoms with E-state index < -0.39 is 24.2 Å². The van der Waals surface area contributed by atoms with E-state index >= 15 is 0 Å². The number of fused-ring (bicyclic) bond motifs is 2. The summed E-state index contributed by atoms with van der Waals surface area (Å²) in [6, 6.07) is 31.9. The second-order valence-corrected chi connectivity index (χ2v) is 15.9. The van der Waals surface area contributed by atoms with Crippen LogP contribution in [0, 0.1) is 11.3 Å². The highest BCUT2D eigenvalue weighted by atomic mass is 35.5. The third-order valence-corrected chi connectivity index (χ3v) is 12.1. The van der Waals surface area contributed by atoms with Gasteiger partial charge in [0.15, 0.2) is 0 Å². The number of carboxylic acid groups (broad SMARTS) is 1. The lowest BCUT2D eigenvalue weighted by molar-refractivity contribution is -0.143. The summed E-state index contributed by atoms with van der Waals surface area (Å²) in [6.45, 7) is 0.796. The van der Waals surface area contributed by atoms with Crippen LogP contribution in [0.3, 0.4) is 0 Å². The van der Waals surface area contributed by atoms with Crippen LogP contribution in [0.15, 0.2) is 103 Å². The van der Waals surface area contributed by atoms with Gasteiger partial charge in [-0.1, -0.05) is 84.2 Å². The zero-order valence-electron chi connectivity index (χ0n) is 31.7. The van der Waals surface area contributed by atoms with Gasteiger partial charge in [0.05, 0.1) is 33.4 Å². The second-order valence-electron chi connectivity index (χ2n) is 15.1. The van der Waals surface area contributed by atoms with Gasteiger partial charge in [-0.15, -0.1) is 0 Å². The number of anilines is 1. The molecule has 0 bridgehead atoms. The van der Waals surface area contributed by atoms with Gasteiger partial charge in [0, 0.05) is 31.6 Å². The predicted molar refractivity (Wildman–Crippen MR) is 221 cm³/mol. The first kappa shape index (κ1) is 39.0. The van der Waals surface area contributed by atoms with E-state index in [-0.39, 0.29) is 24.3 Å². The normalized spacial score (nSPS) is 18.2. The lowest BCUT2D eigenvalue weighted by atomic mass is 9.84. The Balaban J connectivity index is 0.959. The molecule has 10 nitrogen and oxygen atoms in total. The van der Waals surface area contributed by atoms with Gasteiger partial charge < -0.3 is 24.8 Å². The van der Waals surface area contributed by atoms with E-state index in [1.54, 1.807) is 48.3 Å². The molecule has 1 fully saturated rings. The predicted octanol–water partition coefficient (Wildman–Crippen LogP) is 8.30. The Morgan fingerprint density at radius 1 is 0.914 bits per heavy atom. The van der Waals surface area contributed by atoms with Gasteiger partial charge >= 0.3 is 5.97 Å². The molecule has 1 unspecified atom stereocenters. The molecule has 5 aromatic rings. The molecule has 3 aliphatic rings. The largest absolute Gasteiger partial charge is 0.489 e. The fourth-order valence-electron chi connectivity index (χ4n) is 7.82. The first-order chi connectivity index (χ1) is 28.0. The molecule has 12 heteroatoms. The molecule has 0 spiro atoms. The van der Waals surface area contributed by atoms with Crippen molar-refractivity contribution in [1.82, 2.24) is 10.2 Å². The number of ether oxygens (including phenoxy) is 2. The third kappa shape index (κ3) is 8.12. The number of carbonyl (C=O) groups is 3. The standard InChI is InChI=1S/C46H40Cl2N4O6/c1-51-40-21-33-22-41(44(53)50-39(46(55)56)20-27-5-10-30(11-6-27)31-12-7-28(24-49)8-13-31)52(35-3-2-4-35)25-34(33)23-42(40)58-43(45(51)54)32-14-16-36(17-15-32)57-26-29-9-18-37(47)38(48)19-29/h5-19,21,23,35,39,41,43H,2-4,20,22,25-26H2,1H3,(H,50,53)(H,55,56)/t39-,41-,43?/m0/s1. The molecule has 2 aliphatic heterocycles. The van der Waals surface area contributed by atoms with E-state index in [9.17, 15) is 19.5 Å². The maximum absolute atomic E-state index is 14.1. The monoisotopic (exact) mass is 814 g/mol. The van der Waals surface area contributed by atoms with E-state index in [2.05, 4.69) is 16.3 Å². The van der Waals surface area contributed by atoms with Crippen molar-refractivity contribution in [3.8, 4) is 28.7 Å². The number of carboxylic acids is 1. The van der Waals surface area contributed by atoms with E-state index in [0.717, 1.165) is 52.6 Å². The van der Waals surface area contributed by atoms with E-state index in [1.165, 1.54) is 0 Å². The number of halogens is 2. The molecule has 0 radical (unpaired) electrons. The van der Waals surface area contributed by atoms with Crippen molar-refractivity contribution in [3.63, 3.8) is 0 Å². The van der Waals surface area contributed by atoms with E-state index in [1.807, 2.05) is 66.7 Å². The molecular weight excluding hydrogens is 775 g/mol. The Morgan fingerprint density at radius 2 is 1.60 bits per heavy atom. The van der Waals surface area contributed by atoms with Crippen LogP contribution in [-0.2, 0) is 40.4 Å². The van der Waals surface area contributed by atoms with Crippen molar-refractivity contribution < 1.29 is 29.0 Å². The van der Waals surface area contributed by atoms with Gasteiger partial charge in [-0.3, -0.25) is 14.5 Å². The highest BCUT2D eigenvalue weighted by Gasteiger charge is 2.41. The van der Waals surface area contributed by atoms with Gasteiger partial charge in [-0.25, -0.2) is 4.79 Å². The Morgan fingerprint density at radius 3 is 2.24 bits per heavy atom. The summed E-state index contributed by atoms with van der Waals surface area (Å²) >= 11 is 12.2. The quantitative estimate of drug-likeness (QED) is 0.136. The van der Waals surface area contributed by atoms with Crippen molar-refractivity contribution in [2.75, 3.05) is 11.9 Å². The summed E-state index contributed by atoms with van der Waals surface area (Å²) in [5.41, 5.74) is 7.34. The maximum atomic E-state index is 14.1. The fourth-order valence-corrected chi connectivity index (χ4v) is 8.14. The Labute approximate surface area is 346 Å². The van der Waals surface area contributed by atoms with Crippen LogP contribution in [0.4, 0.5) is 5.69 Å². The van der Waals surface area contributed by atoms with Crippen LogP contribution >= 0.6 is 23.2 Å². The summed E-state index contributed by atoms with van der Waals surface area (Å²) in [5.74, 6) is -0.463. The summed E-state index contributed by atoms with van der Waals surface area (Å²) < 4.78 is 12.4. The van der Waals surface area contributed by atoms with E-state index in [0.29, 0.717) is 57.9 Å². The minimum absolute atomic E-state index is 0.120. The first-order valence-electron chi connectivity index (χ1n) is 19.2. The van der Waals surface area contributed by atoms with Gasteiger partial charge in [-0.2, -0.15) is 5.26 Å². The maximum Gasteiger partial charge on any atom is 0.326 e. The Bertz CT molecular complexity index is 2410. The molecule has 1 aliphatic carbocycles. The molecule has 1 saturated carbocycles. The molecule has 0 aromatic heterocycles. The van der Waals surface area contributed by atoms with Gasteiger partial charge in [-0.05, 0) is 101 Å². The molecule has 2 amide bonds. The van der Waals surface area contributed by atoms with Crippen LogP contribution in [0.5, 0.6) is 11.5 Å². The molecule has 2 heterocycles. The molecule has 58 heavy (non-hydrogen) atoms. The van der Waals surface area contributed by atoms with Crippen molar-refractivity contribution >= 4 is 46.7 Å². The van der Waals surface area contributed by atoms with Crippen molar-refractivity contribution in [2.24, 2.45) is 0 Å². The SMILES string of the molecule is CN1C(=O)C(c2ccc(OCc3ccc(Cl)c(Cl)c3)cc2)Oc2cc3c(cc21)C[C@@H](C(=O)N[C@@H](Cc1ccc(-c2ccc(C#N)cc2)cc1)C(=O)O)N(C1CCC1)C3. The molecular formula is C46H40Cl2N4O6. The number of carbonyl (C=O) groups excluding carboxylic acids is 2. The van der Waals surface area contributed by atoms with Crippen molar-refractivity contribution in [1.29, 1.82) is 5.26 Å². The van der Waals surface area contributed by atoms with Gasteiger partial charge in [0.2, 0.25) is 12.0 Å². The van der Waals surface area contributed by atoms with Crippen LogP contribution in [0.25, 0.3) is 11.1 Å². The Kier molecular flexibility index (Phi) is 11.1. The molecule has 2 N–H and O–H groups in total. The van der Waals surface area contributed by atoms with Gasteiger partial charge in [0.25, 0.3) is 5.91 Å². The average molecular weight is 816 g/mol. The summed E-state index contributed by atoms with van der Waals surface area (Å²) in [5, 5.41) is 23.1. The minimum atomic E-state index is -1.13. The zero-order chi connectivity index (χ0) is 40.5. The number of nitriles is 1. The zero-order valence-corrected chi connectivity index (χ0v) is 33.2. The number of benzene rings is 5. The summed E-state index contributed by atoms with van der Waals surface area (Å²) in [6.07, 6.45) is 2.62. The van der Waals surface area contributed by atoms with E-state index in [4.69, 9.17) is 37.9 Å². The Hall–Kier alpha value is -5.86. The number of amides is 2. The topological polar surface area (TPSA) is 132 Å². The highest BCUT2D eigenvalue weighted by molar-refractivity contribution is 6.42.